The molecule has 0 saturated carbocycles. The molecule has 4 rings (SSSR count). The van der Waals surface area contributed by atoms with E-state index in [4.69, 9.17) is 17.3 Å². The predicted octanol–water partition coefficient (Wildman–Crippen LogP) is 2.27. The Morgan fingerprint density at radius 3 is 2.67 bits per heavy atom. The molecule has 0 fully saturated rings. The number of aromatic nitrogens is 1. The lowest BCUT2D eigenvalue weighted by molar-refractivity contribution is -0.123. The van der Waals surface area contributed by atoms with E-state index in [2.05, 4.69) is 20.6 Å². The molecule has 0 saturated heterocycles. The lowest BCUT2D eigenvalue weighted by Gasteiger charge is -2.24. The van der Waals surface area contributed by atoms with Crippen molar-refractivity contribution in [3.05, 3.63) is 58.6 Å². The highest BCUT2D eigenvalue weighted by molar-refractivity contribution is 7.19. The summed E-state index contributed by atoms with van der Waals surface area (Å²) in [6, 6.07) is 14.3. The minimum Gasteiger partial charge on any atom is -0.367 e. The van der Waals surface area contributed by atoms with Gasteiger partial charge >= 0.3 is 0 Å². The number of amides is 2. The average Bonchev–Trinajstić information content (AvgIpc) is 3.28. The Hall–Kier alpha value is -2.81. The number of nitrogens with zero attached hydrogens (tertiary/aromatic N) is 2. The highest BCUT2D eigenvalue weighted by Crippen LogP contribution is 2.34. The number of para-hydroxylation sites is 2. The number of rotatable bonds is 4. The fourth-order valence-corrected chi connectivity index (χ4v) is 4.27. The minimum absolute atomic E-state index is 0.0334. The maximum absolute atomic E-state index is 12.9. The van der Waals surface area contributed by atoms with Crippen molar-refractivity contribution in [1.82, 2.24) is 10.3 Å². The van der Waals surface area contributed by atoms with Crippen LogP contribution < -0.4 is 16.4 Å². The van der Waals surface area contributed by atoms with Crippen LogP contribution in [0.3, 0.4) is 0 Å². The number of anilines is 1. The Balaban J connectivity index is 1.76. The number of primary amides is 1. The molecular formula is C18H14ClN5O2S. The van der Waals surface area contributed by atoms with Crippen molar-refractivity contribution < 1.29 is 9.59 Å². The van der Waals surface area contributed by atoms with Gasteiger partial charge in [-0.1, -0.05) is 35.9 Å². The summed E-state index contributed by atoms with van der Waals surface area (Å²) < 4.78 is 0.882. The molecule has 0 bridgehead atoms. The van der Waals surface area contributed by atoms with Crippen molar-refractivity contribution in [2.24, 2.45) is 10.7 Å². The number of halogens is 1. The van der Waals surface area contributed by atoms with E-state index in [0.29, 0.717) is 15.7 Å². The Labute approximate surface area is 163 Å². The lowest BCUT2D eigenvalue weighted by atomic mass is 9.93. The third-order valence-electron chi connectivity index (χ3n) is 4.26. The zero-order chi connectivity index (χ0) is 19.0. The molecule has 2 aromatic carbocycles. The van der Waals surface area contributed by atoms with Crippen LogP contribution in [0.25, 0.3) is 10.2 Å². The molecular weight excluding hydrogens is 386 g/mol. The van der Waals surface area contributed by atoms with E-state index in [1.807, 2.05) is 24.3 Å². The summed E-state index contributed by atoms with van der Waals surface area (Å²) in [6.07, 6.45) is 0. The van der Waals surface area contributed by atoms with Gasteiger partial charge in [0.15, 0.2) is 5.54 Å². The van der Waals surface area contributed by atoms with Gasteiger partial charge < -0.3 is 11.1 Å². The van der Waals surface area contributed by atoms with Gasteiger partial charge in [-0.3, -0.25) is 19.9 Å². The average molecular weight is 400 g/mol. The molecule has 1 aliphatic heterocycles. The number of hydrogen-bond acceptors (Lipinski definition) is 6. The number of fused-ring (bicyclic) bond motifs is 1. The van der Waals surface area contributed by atoms with Gasteiger partial charge in [0.1, 0.15) is 10.7 Å². The molecule has 4 N–H and O–H groups in total. The zero-order valence-corrected chi connectivity index (χ0v) is 15.5. The first-order chi connectivity index (χ1) is 13.0. The number of aliphatic imine (C=N–C) groups is 1. The van der Waals surface area contributed by atoms with Crippen molar-refractivity contribution in [2.75, 3.05) is 12.0 Å². The minimum atomic E-state index is -1.59. The Bertz CT molecular complexity index is 1060. The summed E-state index contributed by atoms with van der Waals surface area (Å²) in [5.41, 5.74) is 5.23. The maximum Gasteiger partial charge on any atom is 0.272 e. The molecule has 7 nitrogen and oxygen atoms in total. The van der Waals surface area contributed by atoms with Gasteiger partial charge in [-0.05, 0) is 24.3 Å². The van der Waals surface area contributed by atoms with E-state index in [-0.39, 0.29) is 12.4 Å². The molecule has 1 aliphatic rings. The molecule has 27 heavy (non-hydrogen) atoms. The second kappa shape index (κ2) is 6.73. The fraction of sp³-hybridized carbons (Fsp3) is 0.111. The van der Waals surface area contributed by atoms with Gasteiger partial charge in [-0.2, -0.15) is 0 Å². The first kappa shape index (κ1) is 17.6. The second-order valence-electron chi connectivity index (χ2n) is 5.88. The molecule has 9 heteroatoms. The molecule has 0 spiro atoms. The fourth-order valence-electron chi connectivity index (χ4n) is 2.94. The van der Waals surface area contributed by atoms with Crippen molar-refractivity contribution >= 4 is 56.4 Å². The quantitative estimate of drug-likeness (QED) is 0.625. The molecule has 1 atom stereocenters. The van der Waals surface area contributed by atoms with Gasteiger partial charge in [-0.25, -0.2) is 4.98 Å². The van der Waals surface area contributed by atoms with Crippen LogP contribution in [0.2, 0.25) is 5.02 Å². The normalized spacial score (nSPS) is 19.1. The number of hydrogen-bond donors (Lipinski definition) is 3. The zero-order valence-electron chi connectivity index (χ0n) is 13.9. The maximum atomic E-state index is 12.9. The van der Waals surface area contributed by atoms with Gasteiger partial charge in [0.25, 0.3) is 11.8 Å². The summed E-state index contributed by atoms with van der Waals surface area (Å²) >= 11 is 7.40. The standard InChI is InChI=1S/C18H14ClN5O2S/c19-10-5-1-2-6-11(10)23-15(25)14-18(16(20)26,22-9-21-14)17-24-12-7-3-4-8-13(12)27-17/h1-8,22H,9H2,(H2,20,26)(H,23,25). The summed E-state index contributed by atoms with van der Waals surface area (Å²) in [6.45, 7) is 0.0736. The number of nitrogens with two attached hydrogens (primary N) is 1. The van der Waals surface area contributed by atoms with Gasteiger partial charge in [0.05, 0.1) is 27.6 Å². The second-order valence-corrected chi connectivity index (χ2v) is 7.31. The summed E-state index contributed by atoms with van der Waals surface area (Å²) in [7, 11) is 0. The highest BCUT2D eigenvalue weighted by atomic mass is 35.5. The first-order valence-electron chi connectivity index (χ1n) is 8.04. The number of carbonyl (C=O) groups is 2. The molecule has 2 amide bonds. The van der Waals surface area contributed by atoms with Crippen LogP contribution in [-0.2, 0) is 15.1 Å². The lowest BCUT2D eigenvalue weighted by Crippen LogP contribution is -2.57. The van der Waals surface area contributed by atoms with Crippen molar-refractivity contribution in [1.29, 1.82) is 0 Å². The van der Waals surface area contributed by atoms with Crippen LogP contribution in [-0.4, -0.2) is 29.2 Å². The van der Waals surface area contributed by atoms with Crippen LogP contribution in [0.5, 0.6) is 0 Å². The van der Waals surface area contributed by atoms with E-state index in [9.17, 15) is 9.59 Å². The Morgan fingerprint density at radius 2 is 1.93 bits per heavy atom. The van der Waals surface area contributed by atoms with Crippen molar-refractivity contribution in [3.63, 3.8) is 0 Å². The van der Waals surface area contributed by atoms with Crippen LogP contribution in [0, 0.1) is 0 Å². The molecule has 0 aliphatic carbocycles. The molecule has 2 heterocycles. The first-order valence-corrected chi connectivity index (χ1v) is 9.23. The molecule has 3 aromatic rings. The monoisotopic (exact) mass is 399 g/mol. The highest BCUT2D eigenvalue weighted by Gasteiger charge is 2.52. The van der Waals surface area contributed by atoms with Gasteiger partial charge in [0, 0.05) is 0 Å². The largest absolute Gasteiger partial charge is 0.367 e. The van der Waals surface area contributed by atoms with E-state index >= 15 is 0 Å². The van der Waals surface area contributed by atoms with Crippen molar-refractivity contribution in [2.45, 2.75) is 5.54 Å². The van der Waals surface area contributed by atoms with Crippen LogP contribution in [0.1, 0.15) is 5.01 Å². The molecule has 136 valence electrons. The topological polar surface area (TPSA) is 109 Å². The third-order valence-corrected chi connectivity index (χ3v) is 5.74. The Kier molecular flexibility index (Phi) is 4.39. The summed E-state index contributed by atoms with van der Waals surface area (Å²) in [5.74, 6) is -1.31. The number of carbonyl (C=O) groups excluding carboxylic acids is 2. The third kappa shape index (κ3) is 2.87. The Morgan fingerprint density at radius 1 is 1.19 bits per heavy atom. The van der Waals surface area contributed by atoms with E-state index in [1.165, 1.54) is 11.3 Å². The van der Waals surface area contributed by atoms with Crippen molar-refractivity contribution in [3.8, 4) is 0 Å². The summed E-state index contributed by atoms with van der Waals surface area (Å²) in [5, 5.41) is 6.40. The molecule has 1 unspecified atom stereocenters. The number of benzene rings is 2. The van der Waals surface area contributed by atoms with E-state index in [0.717, 1.165) is 10.2 Å². The van der Waals surface area contributed by atoms with Crippen LogP contribution in [0.4, 0.5) is 5.69 Å². The summed E-state index contributed by atoms with van der Waals surface area (Å²) in [4.78, 5) is 34.1. The van der Waals surface area contributed by atoms with Crippen LogP contribution >= 0.6 is 22.9 Å². The van der Waals surface area contributed by atoms with Crippen LogP contribution in [0.15, 0.2) is 53.5 Å². The predicted molar refractivity (Wildman–Crippen MR) is 106 cm³/mol. The van der Waals surface area contributed by atoms with Gasteiger partial charge in [-0.15, -0.1) is 11.3 Å². The molecule has 1 aromatic heterocycles. The van der Waals surface area contributed by atoms with E-state index < -0.39 is 17.4 Å². The van der Waals surface area contributed by atoms with Gasteiger partial charge in [0.2, 0.25) is 0 Å². The number of thiazole rings is 1. The SMILES string of the molecule is NC(=O)C1(c2nc3ccccc3s2)NCN=C1C(=O)Nc1ccccc1Cl. The molecule has 0 radical (unpaired) electrons. The number of nitrogens with one attached hydrogen (secondary N) is 2. The van der Waals surface area contributed by atoms with E-state index in [1.54, 1.807) is 24.3 Å². The smallest absolute Gasteiger partial charge is 0.272 e.